The van der Waals surface area contributed by atoms with Gasteiger partial charge in [0, 0.05) is 5.57 Å². The van der Waals surface area contributed by atoms with Gasteiger partial charge >= 0.3 is 6.18 Å². The minimum absolute atomic E-state index is 0.0742. The van der Waals surface area contributed by atoms with Crippen molar-refractivity contribution in [2.45, 2.75) is 32.9 Å². The predicted octanol–water partition coefficient (Wildman–Crippen LogP) is 3.21. The molecule has 1 N–H and O–H groups in total. The molecule has 0 amide bonds. The summed E-state index contributed by atoms with van der Waals surface area (Å²) in [6.45, 7) is 3.11. The van der Waals surface area contributed by atoms with Crippen molar-refractivity contribution < 1.29 is 18.3 Å². The van der Waals surface area contributed by atoms with Crippen LogP contribution in [0.25, 0.3) is 0 Å². The highest BCUT2D eigenvalue weighted by molar-refractivity contribution is 5.10. The van der Waals surface area contributed by atoms with Crippen molar-refractivity contribution in [3.05, 3.63) is 23.3 Å². The number of halogens is 3. The molecule has 0 aliphatic carbocycles. The van der Waals surface area contributed by atoms with Crippen LogP contribution in [0.4, 0.5) is 13.2 Å². The summed E-state index contributed by atoms with van der Waals surface area (Å²) in [5, 5.41) is 8.42. The molecule has 0 aliphatic heterocycles. The van der Waals surface area contributed by atoms with Gasteiger partial charge in [-0.15, -0.1) is 0 Å². The van der Waals surface area contributed by atoms with Crippen LogP contribution in [-0.4, -0.2) is 17.9 Å². The quantitative estimate of drug-likeness (QED) is 0.703. The van der Waals surface area contributed by atoms with Gasteiger partial charge in [-0.05, 0) is 26.7 Å². The Bertz CT molecular complexity index is 222. The lowest BCUT2D eigenvalue weighted by Crippen LogP contribution is -2.12. The molecule has 0 fully saturated rings. The Hall–Kier alpha value is -0.770. The number of aliphatic hydroxyl groups excluding tert-OH is 1. The first-order valence-corrected chi connectivity index (χ1v) is 4.38. The first kappa shape index (κ1) is 13.2. The molecule has 0 bridgehead atoms. The molecule has 0 aromatic heterocycles. The van der Waals surface area contributed by atoms with E-state index < -0.39 is 18.4 Å². The van der Waals surface area contributed by atoms with E-state index in [2.05, 4.69) is 0 Å². The normalized spacial score (nSPS) is 12.9. The zero-order valence-corrected chi connectivity index (χ0v) is 8.36. The summed E-state index contributed by atoms with van der Waals surface area (Å²) >= 11 is 0. The Balaban J connectivity index is 4.27. The SMILES string of the molecule is CC(C)=CCC/C(=C/CO)C(F)(F)F. The lowest BCUT2D eigenvalue weighted by molar-refractivity contribution is -0.0943. The molecule has 0 unspecified atom stereocenters. The van der Waals surface area contributed by atoms with E-state index in [4.69, 9.17) is 5.11 Å². The number of rotatable bonds is 4. The summed E-state index contributed by atoms with van der Waals surface area (Å²) in [7, 11) is 0. The van der Waals surface area contributed by atoms with E-state index >= 15 is 0 Å². The molecule has 14 heavy (non-hydrogen) atoms. The van der Waals surface area contributed by atoms with Crippen LogP contribution in [0.5, 0.6) is 0 Å². The second-order valence-electron chi connectivity index (χ2n) is 3.23. The third kappa shape index (κ3) is 5.80. The fraction of sp³-hybridized carbons (Fsp3) is 0.600. The second kappa shape index (κ2) is 5.86. The number of hydrogen-bond acceptors (Lipinski definition) is 1. The van der Waals surface area contributed by atoms with Gasteiger partial charge in [-0.25, -0.2) is 0 Å². The van der Waals surface area contributed by atoms with Gasteiger partial charge in [0.1, 0.15) is 0 Å². The van der Waals surface area contributed by atoms with E-state index in [0.717, 1.165) is 11.6 Å². The molecule has 0 spiro atoms. The summed E-state index contributed by atoms with van der Waals surface area (Å²) in [6.07, 6.45) is -1.48. The number of alkyl halides is 3. The van der Waals surface area contributed by atoms with Gasteiger partial charge in [0.05, 0.1) is 6.61 Å². The van der Waals surface area contributed by atoms with E-state index in [-0.39, 0.29) is 6.42 Å². The first-order valence-electron chi connectivity index (χ1n) is 4.38. The largest absolute Gasteiger partial charge is 0.412 e. The summed E-state index contributed by atoms with van der Waals surface area (Å²) in [6, 6.07) is 0. The van der Waals surface area contributed by atoms with Crippen molar-refractivity contribution in [2.24, 2.45) is 0 Å². The molecule has 4 heteroatoms. The number of hydrogen-bond donors (Lipinski definition) is 1. The molecule has 0 aliphatic rings. The van der Waals surface area contributed by atoms with Gasteiger partial charge in [-0.3, -0.25) is 0 Å². The maximum atomic E-state index is 12.2. The minimum atomic E-state index is -4.32. The fourth-order valence-corrected chi connectivity index (χ4v) is 0.986. The lowest BCUT2D eigenvalue weighted by atomic mass is 10.1. The molecular formula is C10H15F3O. The van der Waals surface area contributed by atoms with Crippen LogP contribution < -0.4 is 0 Å². The van der Waals surface area contributed by atoms with E-state index in [1.54, 1.807) is 6.08 Å². The standard InChI is InChI=1S/C10H15F3O/c1-8(2)4-3-5-9(6-7-14)10(11,12)13/h4,6,14H,3,5,7H2,1-2H3/b9-6-. The molecule has 0 aromatic carbocycles. The highest BCUT2D eigenvalue weighted by atomic mass is 19.4. The van der Waals surface area contributed by atoms with Gasteiger partial charge < -0.3 is 5.11 Å². The molecule has 0 aromatic rings. The number of allylic oxidation sites excluding steroid dienone is 3. The Labute approximate surface area is 81.9 Å². The smallest absolute Gasteiger partial charge is 0.392 e. The average molecular weight is 208 g/mol. The van der Waals surface area contributed by atoms with Crippen LogP contribution in [0.15, 0.2) is 23.3 Å². The van der Waals surface area contributed by atoms with Gasteiger partial charge in [-0.2, -0.15) is 13.2 Å². The van der Waals surface area contributed by atoms with Crippen molar-refractivity contribution in [2.75, 3.05) is 6.61 Å². The Kier molecular flexibility index (Phi) is 5.53. The summed E-state index contributed by atoms with van der Waals surface area (Å²) in [4.78, 5) is 0. The van der Waals surface area contributed by atoms with E-state index in [1.165, 1.54) is 0 Å². The monoisotopic (exact) mass is 208 g/mol. The molecular weight excluding hydrogens is 193 g/mol. The van der Waals surface area contributed by atoms with Crippen molar-refractivity contribution >= 4 is 0 Å². The zero-order valence-electron chi connectivity index (χ0n) is 8.36. The fourth-order valence-electron chi connectivity index (χ4n) is 0.986. The molecule has 0 atom stereocenters. The van der Waals surface area contributed by atoms with Crippen LogP contribution in [0, 0.1) is 0 Å². The molecule has 0 heterocycles. The Morgan fingerprint density at radius 2 is 1.79 bits per heavy atom. The molecule has 0 saturated carbocycles. The topological polar surface area (TPSA) is 20.2 Å². The third-order valence-corrected chi connectivity index (χ3v) is 1.67. The lowest BCUT2D eigenvalue weighted by Gasteiger charge is -2.10. The molecule has 0 rings (SSSR count). The number of aliphatic hydroxyl groups is 1. The molecule has 1 nitrogen and oxygen atoms in total. The van der Waals surface area contributed by atoms with Gasteiger partial charge in [-0.1, -0.05) is 17.7 Å². The molecule has 0 radical (unpaired) electrons. The van der Waals surface area contributed by atoms with Crippen LogP contribution >= 0.6 is 0 Å². The highest BCUT2D eigenvalue weighted by Crippen LogP contribution is 2.29. The summed E-state index contributed by atoms with van der Waals surface area (Å²) in [5.74, 6) is 0. The summed E-state index contributed by atoms with van der Waals surface area (Å²) < 4.78 is 36.7. The highest BCUT2D eigenvalue weighted by Gasteiger charge is 2.32. The predicted molar refractivity (Wildman–Crippen MR) is 49.9 cm³/mol. The maximum Gasteiger partial charge on any atom is 0.412 e. The van der Waals surface area contributed by atoms with Crippen molar-refractivity contribution in [3.63, 3.8) is 0 Å². The van der Waals surface area contributed by atoms with Crippen molar-refractivity contribution in [3.8, 4) is 0 Å². The maximum absolute atomic E-state index is 12.2. The second-order valence-corrected chi connectivity index (χ2v) is 3.23. The van der Waals surface area contributed by atoms with Crippen molar-refractivity contribution in [1.29, 1.82) is 0 Å². The molecule has 0 saturated heterocycles. The van der Waals surface area contributed by atoms with Crippen molar-refractivity contribution in [1.82, 2.24) is 0 Å². The van der Waals surface area contributed by atoms with Gasteiger partial charge in [0.15, 0.2) is 0 Å². The van der Waals surface area contributed by atoms with Gasteiger partial charge in [0.2, 0.25) is 0 Å². The average Bonchev–Trinajstić information content (AvgIpc) is 2.00. The van der Waals surface area contributed by atoms with Crippen LogP contribution in [0.2, 0.25) is 0 Å². The first-order chi connectivity index (χ1) is 6.38. The molecule has 82 valence electrons. The minimum Gasteiger partial charge on any atom is -0.392 e. The van der Waals surface area contributed by atoms with Crippen LogP contribution in [-0.2, 0) is 0 Å². The van der Waals surface area contributed by atoms with Crippen LogP contribution in [0.3, 0.4) is 0 Å². The Morgan fingerprint density at radius 3 is 2.14 bits per heavy atom. The van der Waals surface area contributed by atoms with Gasteiger partial charge in [0.25, 0.3) is 0 Å². The van der Waals surface area contributed by atoms with Crippen LogP contribution in [0.1, 0.15) is 26.7 Å². The van der Waals surface area contributed by atoms with E-state index in [0.29, 0.717) is 6.42 Å². The zero-order chi connectivity index (χ0) is 11.2. The summed E-state index contributed by atoms with van der Waals surface area (Å²) in [5.41, 5.74) is 0.341. The third-order valence-electron chi connectivity index (χ3n) is 1.67. The van der Waals surface area contributed by atoms with E-state index in [9.17, 15) is 13.2 Å². The Morgan fingerprint density at radius 1 is 1.21 bits per heavy atom. The van der Waals surface area contributed by atoms with E-state index in [1.807, 2.05) is 13.8 Å².